The zero-order chi connectivity index (χ0) is 14.5. The SMILES string of the molecule is CCCC(N)c1cc(-c2cccc(OC)c2OC)no1. The van der Waals surface area contributed by atoms with Crippen LogP contribution in [0.4, 0.5) is 0 Å². The topological polar surface area (TPSA) is 70.5 Å². The number of para-hydroxylation sites is 1. The summed E-state index contributed by atoms with van der Waals surface area (Å²) >= 11 is 0. The predicted molar refractivity (Wildman–Crippen MR) is 76.9 cm³/mol. The number of rotatable bonds is 6. The zero-order valence-electron chi connectivity index (χ0n) is 12.1. The van der Waals surface area contributed by atoms with Crippen molar-refractivity contribution in [1.29, 1.82) is 0 Å². The van der Waals surface area contributed by atoms with Gasteiger partial charge in [0.25, 0.3) is 0 Å². The van der Waals surface area contributed by atoms with Crippen LogP contribution < -0.4 is 15.2 Å². The fourth-order valence-corrected chi connectivity index (χ4v) is 2.13. The minimum Gasteiger partial charge on any atom is -0.493 e. The van der Waals surface area contributed by atoms with Crippen LogP contribution in [0.5, 0.6) is 11.5 Å². The van der Waals surface area contributed by atoms with E-state index >= 15 is 0 Å². The lowest BCUT2D eigenvalue weighted by Gasteiger charge is -2.10. The van der Waals surface area contributed by atoms with Crippen molar-refractivity contribution in [3.05, 3.63) is 30.0 Å². The fraction of sp³-hybridized carbons (Fsp3) is 0.400. The molecule has 0 aliphatic heterocycles. The molecule has 0 radical (unpaired) electrons. The summed E-state index contributed by atoms with van der Waals surface area (Å²) in [6.07, 6.45) is 1.86. The molecule has 2 rings (SSSR count). The van der Waals surface area contributed by atoms with E-state index in [-0.39, 0.29) is 6.04 Å². The van der Waals surface area contributed by atoms with Crippen LogP contribution in [0.25, 0.3) is 11.3 Å². The maximum atomic E-state index is 6.03. The molecule has 1 atom stereocenters. The van der Waals surface area contributed by atoms with E-state index in [1.807, 2.05) is 24.3 Å². The van der Waals surface area contributed by atoms with Gasteiger partial charge in [0.15, 0.2) is 17.3 Å². The molecule has 0 saturated carbocycles. The molecular formula is C15H20N2O3. The van der Waals surface area contributed by atoms with Crippen LogP contribution in [-0.4, -0.2) is 19.4 Å². The molecule has 0 bridgehead atoms. The van der Waals surface area contributed by atoms with E-state index in [2.05, 4.69) is 12.1 Å². The molecule has 0 fully saturated rings. The van der Waals surface area contributed by atoms with Crippen molar-refractivity contribution >= 4 is 0 Å². The number of hydrogen-bond donors (Lipinski definition) is 1. The monoisotopic (exact) mass is 276 g/mol. The Labute approximate surface area is 118 Å². The lowest BCUT2D eigenvalue weighted by molar-refractivity contribution is 0.351. The molecule has 5 nitrogen and oxygen atoms in total. The quantitative estimate of drug-likeness (QED) is 0.877. The molecule has 0 saturated heterocycles. The summed E-state index contributed by atoms with van der Waals surface area (Å²) in [5, 5.41) is 4.08. The Morgan fingerprint density at radius 2 is 2.10 bits per heavy atom. The van der Waals surface area contributed by atoms with Crippen molar-refractivity contribution < 1.29 is 14.0 Å². The van der Waals surface area contributed by atoms with E-state index in [9.17, 15) is 0 Å². The molecule has 1 heterocycles. The Hall–Kier alpha value is -2.01. The molecule has 1 aromatic carbocycles. The van der Waals surface area contributed by atoms with Crippen LogP contribution >= 0.6 is 0 Å². The largest absolute Gasteiger partial charge is 0.493 e. The Bertz CT molecular complexity index is 566. The Morgan fingerprint density at radius 3 is 2.75 bits per heavy atom. The number of ether oxygens (including phenoxy) is 2. The molecule has 0 aliphatic carbocycles. The Morgan fingerprint density at radius 1 is 1.30 bits per heavy atom. The molecule has 0 aliphatic rings. The standard InChI is InChI=1S/C15H20N2O3/c1-4-6-11(16)14-9-12(17-20-14)10-7-5-8-13(18-2)15(10)19-3/h5,7-9,11H,4,6,16H2,1-3H3. The lowest BCUT2D eigenvalue weighted by atomic mass is 10.1. The highest BCUT2D eigenvalue weighted by Crippen LogP contribution is 2.37. The van der Waals surface area contributed by atoms with Gasteiger partial charge in [0.05, 0.1) is 20.3 Å². The van der Waals surface area contributed by atoms with Crippen LogP contribution in [-0.2, 0) is 0 Å². The molecule has 0 amide bonds. The normalized spacial score (nSPS) is 12.2. The van der Waals surface area contributed by atoms with E-state index in [0.717, 1.165) is 18.4 Å². The second-order valence-corrected chi connectivity index (χ2v) is 4.55. The molecule has 2 N–H and O–H groups in total. The van der Waals surface area contributed by atoms with Crippen molar-refractivity contribution in [2.45, 2.75) is 25.8 Å². The molecule has 1 aromatic heterocycles. The maximum absolute atomic E-state index is 6.03. The van der Waals surface area contributed by atoms with Crippen LogP contribution in [0.15, 0.2) is 28.8 Å². The minimum atomic E-state index is -0.127. The highest BCUT2D eigenvalue weighted by atomic mass is 16.5. The maximum Gasteiger partial charge on any atom is 0.170 e. The van der Waals surface area contributed by atoms with Gasteiger partial charge in [-0.1, -0.05) is 24.6 Å². The third-order valence-corrected chi connectivity index (χ3v) is 3.17. The summed E-state index contributed by atoms with van der Waals surface area (Å²) in [6, 6.07) is 7.37. The summed E-state index contributed by atoms with van der Waals surface area (Å²) in [5.74, 6) is 1.98. The fourth-order valence-electron chi connectivity index (χ4n) is 2.13. The van der Waals surface area contributed by atoms with Gasteiger partial charge in [0.1, 0.15) is 5.69 Å². The summed E-state index contributed by atoms with van der Waals surface area (Å²) in [6.45, 7) is 2.09. The molecule has 5 heteroatoms. The number of nitrogens with two attached hydrogens (primary N) is 1. The molecule has 20 heavy (non-hydrogen) atoms. The second-order valence-electron chi connectivity index (χ2n) is 4.55. The summed E-state index contributed by atoms with van der Waals surface area (Å²) < 4.78 is 16.0. The second kappa shape index (κ2) is 6.43. The lowest BCUT2D eigenvalue weighted by Crippen LogP contribution is -2.08. The van der Waals surface area contributed by atoms with Gasteiger partial charge in [-0.15, -0.1) is 0 Å². The van der Waals surface area contributed by atoms with E-state index in [1.54, 1.807) is 14.2 Å². The zero-order valence-corrected chi connectivity index (χ0v) is 12.1. The number of methoxy groups -OCH3 is 2. The van der Waals surface area contributed by atoms with Gasteiger partial charge in [-0.2, -0.15) is 0 Å². The van der Waals surface area contributed by atoms with Gasteiger partial charge in [0, 0.05) is 11.6 Å². The number of benzene rings is 1. The van der Waals surface area contributed by atoms with Crippen molar-refractivity contribution in [2.24, 2.45) is 5.73 Å². The van der Waals surface area contributed by atoms with Gasteiger partial charge >= 0.3 is 0 Å². The van der Waals surface area contributed by atoms with Crippen molar-refractivity contribution in [3.8, 4) is 22.8 Å². The van der Waals surface area contributed by atoms with Gasteiger partial charge in [-0.25, -0.2) is 0 Å². The van der Waals surface area contributed by atoms with Gasteiger partial charge < -0.3 is 19.7 Å². The summed E-state index contributed by atoms with van der Waals surface area (Å²) in [4.78, 5) is 0. The van der Waals surface area contributed by atoms with E-state index in [1.165, 1.54) is 0 Å². The van der Waals surface area contributed by atoms with Gasteiger partial charge in [0.2, 0.25) is 0 Å². The number of aromatic nitrogens is 1. The summed E-state index contributed by atoms with van der Waals surface area (Å²) in [5.41, 5.74) is 7.56. The highest BCUT2D eigenvalue weighted by molar-refractivity contribution is 5.71. The number of hydrogen-bond acceptors (Lipinski definition) is 5. The van der Waals surface area contributed by atoms with Crippen LogP contribution in [0.1, 0.15) is 31.6 Å². The molecule has 2 aromatic rings. The third-order valence-electron chi connectivity index (χ3n) is 3.17. The molecule has 0 spiro atoms. The van der Waals surface area contributed by atoms with E-state index in [0.29, 0.717) is 23.0 Å². The van der Waals surface area contributed by atoms with Crippen molar-refractivity contribution in [2.75, 3.05) is 14.2 Å². The van der Waals surface area contributed by atoms with Crippen LogP contribution in [0, 0.1) is 0 Å². The first kappa shape index (κ1) is 14.4. The minimum absolute atomic E-state index is 0.127. The van der Waals surface area contributed by atoms with Crippen LogP contribution in [0.3, 0.4) is 0 Å². The first-order valence-corrected chi connectivity index (χ1v) is 6.64. The molecule has 1 unspecified atom stereocenters. The van der Waals surface area contributed by atoms with Gasteiger partial charge in [-0.3, -0.25) is 0 Å². The first-order valence-electron chi connectivity index (χ1n) is 6.64. The first-order chi connectivity index (χ1) is 9.71. The number of nitrogens with zero attached hydrogens (tertiary/aromatic N) is 1. The van der Waals surface area contributed by atoms with E-state index in [4.69, 9.17) is 19.7 Å². The highest BCUT2D eigenvalue weighted by Gasteiger charge is 2.17. The molecular weight excluding hydrogens is 256 g/mol. The van der Waals surface area contributed by atoms with Crippen molar-refractivity contribution in [1.82, 2.24) is 5.16 Å². The van der Waals surface area contributed by atoms with Crippen LogP contribution in [0.2, 0.25) is 0 Å². The van der Waals surface area contributed by atoms with Crippen molar-refractivity contribution in [3.63, 3.8) is 0 Å². The van der Waals surface area contributed by atoms with Gasteiger partial charge in [-0.05, 0) is 18.6 Å². The molecule has 108 valence electrons. The smallest absolute Gasteiger partial charge is 0.170 e. The Kier molecular flexibility index (Phi) is 4.63. The summed E-state index contributed by atoms with van der Waals surface area (Å²) in [7, 11) is 3.21. The average molecular weight is 276 g/mol. The van der Waals surface area contributed by atoms with E-state index < -0.39 is 0 Å². The average Bonchev–Trinajstić information content (AvgIpc) is 2.96. The third kappa shape index (κ3) is 2.77. The Balaban J connectivity index is 2.37. The predicted octanol–water partition coefficient (Wildman–Crippen LogP) is 3.16.